The topological polar surface area (TPSA) is 96.0 Å². The Labute approximate surface area is 153 Å². The highest BCUT2D eigenvalue weighted by Crippen LogP contribution is 2.54. The van der Waals surface area contributed by atoms with Crippen LogP contribution in [0, 0.1) is 17.8 Å². The number of carbonyl (C=O) groups excluding carboxylic acids is 2. The largest absolute Gasteiger partial charge is 0.394 e. The first-order chi connectivity index (χ1) is 12.3. The van der Waals surface area contributed by atoms with Gasteiger partial charge in [0, 0.05) is 23.7 Å². The van der Waals surface area contributed by atoms with Crippen molar-refractivity contribution in [1.82, 2.24) is 4.90 Å². The molecule has 5 unspecified atom stereocenters. The predicted octanol–water partition coefficient (Wildman–Crippen LogP) is 1.23. The maximum Gasteiger partial charge on any atom is 0.270 e. The summed E-state index contributed by atoms with van der Waals surface area (Å²) >= 11 is 0. The van der Waals surface area contributed by atoms with E-state index in [1.807, 2.05) is 13.8 Å². The second kappa shape index (κ2) is 7.47. The fourth-order valence-electron chi connectivity index (χ4n) is 3.82. The van der Waals surface area contributed by atoms with Crippen molar-refractivity contribution < 1.29 is 19.1 Å². The van der Waals surface area contributed by atoms with E-state index in [2.05, 4.69) is 4.99 Å². The van der Waals surface area contributed by atoms with Crippen LogP contribution in [0.3, 0.4) is 0 Å². The molecule has 0 aromatic heterocycles. The molecule has 6 nitrogen and oxygen atoms in total. The first-order valence-corrected chi connectivity index (χ1v) is 9.50. The summed E-state index contributed by atoms with van der Waals surface area (Å²) in [6, 6.07) is 0. The number of piperidine rings is 1. The Morgan fingerprint density at radius 2 is 2.19 bits per heavy atom. The van der Waals surface area contributed by atoms with Gasteiger partial charge in [-0.2, -0.15) is 0 Å². The number of aliphatic hydroxyl groups is 1. The van der Waals surface area contributed by atoms with E-state index >= 15 is 0 Å². The predicted molar refractivity (Wildman–Crippen MR) is 96.3 cm³/mol. The zero-order valence-corrected chi connectivity index (χ0v) is 15.4. The van der Waals surface area contributed by atoms with Gasteiger partial charge in [-0.3, -0.25) is 14.6 Å². The van der Waals surface area contributed by atoms with Crippen LogP contribution in [-0.4, -0.2) is 59.3 Å². The summed E-state index contributed by atoms with van der Waals surface area (Å²) in [5, 5.41) is 9.50. The van der Waals surface area contributed by atoms with E-state index in [-0.39, 0.29) is 48.7 Å². The SMILES string of the molecule is CCC(C)C(=O)CN=C1CC2CC2/C1=C(/N)C(=O)N1CCC(O)C(F)C1. The highest BCUT2D eigenvalue weighted by Gasteiger charge is 2.50. The van der Waals surface area contributed by atoms with Crippen molar-refractivity contribution in [2.24, 2.45) is 28.5 Å². The van der Waals surface area contributed by atoms with E-state index in [0.29, 0.717) is 12.5 Å². The molecule has 2 saturated carbocycles. The molecular formula is C19H28FN3O3. The number of fused-ring (bicyclic) bond motifs is 1. The molecule has 3 aliphatic rings. The van der Waals surface area contributed by atoms with Crippen LogP contribution in [0.5, 0.6) is 0 Å². The summed E-state index contributed by atoms with van der Waals surface area (Å²) in [7, 11) is 0. The average molecular weight is 365 g/mol. The summed E-state index contributed by atoms with van der Waals surface area (Å²) in [5.41, 5.74) is 7.83. The smallest absolute Gasteiger partial charge is 0.270 e. The summed E-state index contributed by atoms with van der Waals surface area (Å²) in [4.78, 5) is 30.6. The first-order valence-electron chi connectivity index (χ1n) is 9.50. The molecule has 2 aliphatic carbocycles. The van der Waals surface area contributed by atoms with E-state index in [1.165, 1.54) is 4.90 Å². The standard InChI is InChI=1S/C19H28FN3O3/c1-3-10(2)16(25)8-22-14-7-11-6-12(11)17(14)18(21)19(26)23-5-4-15(24)13(20)9-23/h10-13,15,24H,3-9,21H2,1-2H3/b18-17-,22-14?. The first kappa shape index (κ1) is 19.0. The molecular weight excluding hydrogens is 337 g/mol. The Morgan fingerprint density at radius 3 is 2.85 bits per heavy atom. The van der Waals surface area contributed by atoms with Gasteiger partial charge in [0.1, 0.15) is 11.9 Å². The third-order valence-electron chi connectivity index (χ3n) is 5.96. The van der Waals surface area contributed by atoms with Crippen LogP contribution < -0.4 is 5.73 Å². The second-order valence-electron chi connectivity index (χ2n) is 7.80. The van der Waals surface area contributed by atoms with Gasteiger partial charge in [-0.05, 0) is 37.5 Å². The van der Waals surface area contributed by atoms with Gasteiger partial charge in [-0.25, -0.2) is 4.39 Å². The van der Waals surface area contributed by atoms with Gasteiger partial charge in [0.25, 0.3) is 5.91 Å². The number of nitrogens with two attached hydrogens (primary N) is 1. The Morgan fingerprint density at radius 1 is 1.46 bits per heavy atom. The lowest BCUT2D eigenvalue weighted by Gasteiger charge is -2.32. The average Bonchev–Trinajstić information content (AvgIpc) is 3.30. The fraction of sp³-hybridized carbons (Fsp3) is 0.737. The fourth-order valence-corrected chi connectivity index (χ4v) is 3.82. The van der Waals surface area contributed by atoms with E-state index in [1.54, 1.807) is 0 Å². The highest BCUT2D eigenvalue weighted by atomic mass is 19.1. The molecule has 7 heteroatoms. The molecule has 0 aromatic rings. The molecule has 3 rings (SSSR count). The van der Waals surface area contributed by atoms with Crippen molar-refractivity contribution in [3.8, 4) is 0 Å². The monoisotopic (exact) mass is 365 g/mol. The van der Waals surface area contributed by atoms with Gasteiger partial charge < -0.3 is 15.7 Å². The number of carbonyl (C=O) groups is 2. The minimum Gasteiger partial charge on any atom is -0.394 e. The second-order valence-corrected chi connectivity index (χ2v) is 7.80. The van der Waals surface area contributed by atoms with Crippen LogP contribution in [-0.2, 0) is 9.59 Å². The molecule has 3 fully saturated rings. The zero-order chi connectivity index (χ0) is 19.0. The maximum absolute atomic E-state index is 13.7. The maximum atomic E-state index is 13.7. The van der Waals surface area contributed by atoms with Crippen LogP contribution in [0.15, 0.2) is 16.3 Å². The molecule has 1 amide bonds. The number of halogens is 1. The van der Waals surface area contributed by atoms with Crippen LogP contribution in [0.25, 0.3) is 0 Å². The van der Waals surface area contributed by atoms with Gasteiger partial charge in [-0.1, -0.05) is 13.8 Å². The van der Waals surface area contributed by atoms with E-state index < -0.39 is 12.3 Å². The number of aliphatic imine (C=N–C) groups is 1. The Balaban J connectivity index is 1.75. The van der Waals surface area contributed by atoms with Crippen LogP contribution in [0.2, 0.25) is 0 Å². The highest BCUT2D eigenvalue weighted by molar-refractivity contribution is 6.11. The van der Waals surface area contributed by atoms with Gasteiger partial charge in [0.15, 0.2) is 5.78 Å². The molecule has 0 bridgehead atoms. The van der Waals surface area contributed by atoms with Crippen molar-refractivity contribution in [2.75, 3.05) is 19.6 Å². The number of ketones is 1. The minimum atomic E-state index is -1.44. The number of hydrogen-bond donors (Lipinski definition) is 2. The van der Waals surface area contributed by atoms with Gasteiger partial charge in [0.05, 0.1) is 19.2 Å². The Hall–Kier alpha value is -1.76. The lowest BCUT2D eigenvalue weighted by atomic mass is 10.0. The molecule has 1 aliphatic heterocycles. The van der Waals surface area contributed by atoms with Crippen LogP contribution in [0.1, 0.15) is 39.5 Å². The van der Waals surface area contributed by atoms with E-state index in [4.69, 9.17) is 5.73 Å². The molecule has 5 atom stereocenters. The van der Waals surface area contributed by atoms with Gasteiger partial charge in [-0.15, -0.1) is 0 Å². The van der Waals surface area contributed by atoms with Crippen LogP contribution >= 0.6 is 0 Å². The quantitative estimate of drug-likeness (QED) is 0.716. The van der Waals surface area contributed by atoms with Gasteiger partial charge >= 0.3 is 0 Å². The number of Topliss-reactive ketones (excluding diaryl/α,β-unsaturated/α-hetero) is 1. The minimum absolute atomic E-state index is 0.0250. The lowest BCUT2D eigenvalue weighted by molar-refractivity contribution is -0.131. The number of amides is 1. The number of rotatable bonds is 5. The van der Waals surface area contributed by atoms with Crippen LogP contribution in [0.4, 0.5) is 4.39 Å². The number of allylic oxidation sites excluding steroid dienone is 1. The number of likely N-dealkylation sites (tertiary alicyclic amines) is 1. The van der Waals surface area contributed by atoms with Crippen molar-refractivity contribution in [1.29, 1.82) is 0 Å². The third kappa shape index (κ3) is 3.68. The molecule has 1 heterocycles. The number of aliphatic hydroxyl groups excluding tert-OH is 1. The molecule has 3 N–H and O–H groups in total. The summed E-state index contributed by atoms with van der Waals surface area (Å²) in [5.74, 6) is 0.389. The zero-order valence-electron chi connectivity index (χ0n) is 15.4. The van der Waals surface area contributed by atoms with Crippen molar-refractivity contribution in [2.45, 2.75) is 51.8 Å². The van der Waals surface area contributed by atoms with E-state index in [0.717, 1.165) is 30.5 Å². The number of alkyl halides is 1. The summed E-state index contributed by atoms with van der Waals surface area (Å²) < 4.78 is 13.7. The number of hydrogen-bond acceptors (Lipinski definition) is 5. The lowest BCUT2D eigenvalue weighted by Crippen LogP contribution is -2.48. The van der Waals surface area contributed by atoms with E-state index in [9.17, 15) is 19.1 Å². The summed E-state index contributed by atoms with van der Waals surface area (Å²) in [6.45, 7) is 4.14. The molecule has 0 spiro atoms. The van der Waals surface area contributed by atoms with Gasteiger partial charge in [0.2, 0.25) is 0 Å². The molecule has 144 valence electrons. The Kier molecular flexibility index (Phi) is 5.46. The normalized spacial score (nSPS) is 35.2. The molecule has 0 radical (unpaired) electrons. The van der Waals surface area contributed by atoms with Crippen molar-refractivity contribution in [3.63, 3.8) is 0 Å². The number of nitrogens with zero attached hydrogens (tertiary/aromatic N) is 2. The molecule has 26 heavy (non-hydrogen) atoms. The third-order valence-corrected chi connectivity index (χ3v) is 5.96. The summed E-state index contributed by atoms with van der Waals surface area (Å²) in [6.07, 6.45) is 0.285. The molecule has 1 saturated heterocycles. The van der Waals surface area contributed by atoms with Crippen molar-refractivity contribution >= 4 is 17.4 Å². The Bertz CT molecular complexity index is 660. The molecule has 0 aromatic carbocycles. The van der Waals surface area contributed by atoms with Crippen molar-refractivity contribution in [3.05, 3.63) is 11.3 Å².